The van der Waals surface area contributed by atoms with Gasteiger partial charge in [-0.1, -0.05) is 6.42 Å². The van der Waals surface area contributed by atoms with Crippen LogP contribution in [0.2, 0.25) is 0 Å². The molecule has 2 rings (SSSR count). The molecule has 2 fully saturated rings. The van der Waals surface area contributed by atoms with Gasteiger partial charge in [0.05, 0.1) is 12.2 Å². The lowest BCUT2D eigenvalue weighted by Crippen LogP contribution is -2.51. The van der Waals surface area contributed by atoms with E-state index in [9.17, 15) is 0 Å². The molecule has 0 amide bonds. The van der Waals surface area contributed by atoms with Crippen LogP contribution in [0.5, 0.6) is 0 Å². The molecule has 1 aliphatic carbocycles. The molecule has 0 aromatic rings. The zero-order valence-corrected chi connectivity index (χ0v) is 11.4. The van der Waals surface area contributed by atoms with Crippen LogP contribution in [0.3, 0.4) is 0 Å². The standard InChI is InChI=1S/C14H27NO/c1-13(2,3)16-11-14(8-6-9-14)12-7-5-10-15(12)4/h12H,5-11H2,1-4H3. The Hall–Kier alpha value is -0.0800. The predicted molar refractivity (Wildman–Crippen MR) is 67.6 cm³/mol. The van der Waals surface area contributed by atoms with Crippen molar-refractivity contribution >= 4 is 0 Å². The van der Waals surface area contributed by atoms with E-state index in [2.05, 4.69) is 32.7 Å². The Balaban J connectivity index is 1.96. The molecule has 16 heavy (non-hydrogen) atoms. The van der Waals surface area contributed by atoms with E-state index < -0.39 is 0 Å². The van der Waals surface area contributed by atoms with Crippen LogP contribution in [0, 0.1) is 5.41 Å². The average molecular weight is 225 g/mol. The van der Waals surface area contributed by atoms with Gasteiger partial charge >= 0.3 is 0 Å². The van der Waals surface area contributed by atoms with Crippen molar-refractivity contribution in [3.05, 3.63) is 0 Å². The lowest BCUT2D eigenvalue weighted by Gasteiger charge is -2.49. The molecule has 0 bridgehead atoms. The molecule has 94 valence electrons. The first-order valence-electron chi connectivity index (χ1n) is 6.77. The van der Waals surface area contributed by atoms with Crippen LogP contribution in [0.25, 0.3) is 0 Å². The molecule has 1 saturated heterocycles. The fourth-order valence-electron chi connectivity index (χ4n) is 3.25. The molecule has 2 nitrogen and oxygen atoms in total. The number of nitrogens with zero attached hydrogens (tertiary/aromatic N) is 1. The maximum absolute atomic E-state index is 6.07. The Morgan fingerprint density at radius 2 is 1.94 bits per heavy atom. The SMILES string of the molecule is CN1CCCC1C1(COC(C)(C)C)CCC1. The van der Waals surface area contributed by atoms with E-state index in [1.54, 1.807) is 0 Å². The fourth-order valence-corrected chi connectivity index (χ4v) is 3.25. The summed E-state index contributed by atoms with van der Waals surface area (Å²) in [4.78, 5) is 2.56. The molecule has 1 heterocycles. The predicted octanol–water partition coefficient (Wildman–Crippen LogP) is 3.07. The summed E-state index contributed by atoms with van der Waals surface area (Å²) in [7, 11) is 2.29. The van der Waals surface area contributed by atoms with E-state index in [1.807, 2.05) is 0 Å². The zero-order chi connectivity index (χ0) is 11.8. The van der Waals surface area contributed by atoms with Crippen molar-refractivity contribution in [3.63, 3.8) is 0 Å². The third kappa shape index (κ3) is 2.43. The van der Waals surface area contributed by atoms with E-state index in [0.717, 1.165) is 12.6 Å². The molecular weight excluding hydrogens is 198 g/mol. The van der Waals surface area contributed by atoms with Crippen molar-refractivity contribution in [1.82, 2.24) is 4.90 Å². The molecule has 1 unspecified atom stereocenters. The highest BCUT2D eigenvalue weighted by molar-refractivity contribution is 5.00. The van der Waals surface area contributed by atoms with E-state index in [-0.39, 0.29) is 5.60 Å². The summed E-state index contributed by atoms with van der Waals surface area (Å²) in [6.45, 7) is 8.74. The smallest absolute Gasteiger partial charge is 0.0598 e. The van der Waals surface area contributed by atoms with Crippen molar-refractivity contribution in [2.75, 3.05) is 20.2 Å². The second-order valence-corrected chi connectivity index (χ2v) is 6.76. The number of hydrogen-bond donors (Lipinski definition) is 0. The molecule has 2 aliphatic rings. The van der Waals surface area contributed by atoms with Crippen LogP contribution in [0.4, 0.5) is 0 Å². The molecule has 2 heteroatoms. The topological polar surface area (TPSA) is 12.5 Å². The second kappa shape index (κ2) is 4.30. The lowest BCUT2D eigenvalue weighted by molar-refractivity contribution is -0.104. The maximum atomic E-state index is 6.07. The van der Waals surface area contributed by atoms with Gasteiger partial charge in [0.2, 0.25) is 0 Å². The first-order valence-corrected chi connectivity index (χ1v) is 6.77. The fraction of sp³-hybridized carbons (Fsp3) is 1.00. The van der Waals surface area contributed by atoms with Crippen molar-refractivity contribution < 1.29 is 4.74 Å². The largest absolute Gasteiger partial charge is 0.375 e. The van der Waals surface area contributed by atoms with Gasteiger partial charge in [-0.3, -0.25) is 0 Å². The number of likely N-dealkylation sites (tertiary alicyclic amines) is 1. The summed E-state index contributed by atoms with van der Waals surface area (Å²) in [6.07, 6.45) is 6.90. The molecule has 1 aliphatic heterocycles. The highest BCUT2D eigenvalue weighted by Crippen LogP contribution is 2.49. The summed E-state index contributed by atoms with van der Waals surface area (Å²) >= 11 is 0. The summed E-state index contributed by atoms with van der Waals surface area (Å²) in [5.41, 5.74) is 0.498. The summed E-state index contributed by atoms with van der Waals surface area (Å²) < 4.78 is 6.07. The van der Waals surface area contributed by atoms with Crippen LogP contribution >= 0.6 is 0 Å². The van der Waals surface area contributed by atoms with Crippen LogP contribution < -0.4 is 0 Å². The Bertz CT molecular complexity index is 240. The molecule has 0 N–H and O–H groups in total. The Labute approximate surface area is 100 Å². The molecule has 0 spiro atoms. The van der Waals surface area contributed by atoms with Crippen LogP contribution in [-0.2, 0) is 4.74 Å². The van der Waals surface area contributed by atoms with E-state index >= 15 is 0 Å². The van der Waals surface area contributed by atoms with Gasteiger partial charge < -0.3 is 9.64 Å². The van der Waals surface area contributed by atoms with Gasteiger partial charge in [-0.25, -0.2) is 0 Å². The third-order valence-electron chi connectivity index (χ3n) is 4.37. The number of rotatable bonds is 3. The quantitative estimate of drug-likeness (QED) is 0.732. The van der Waals surface area contributed by atoms with Gasteiger partial charge in [0.1, 0.15) is 0 Å². The maximum Gasteiger partial charge on any atom is 0.0598 e. The normalized spacial score (nSPS) is 30.4. The molecule has 1 atom stereocenters. The van der Waals surface area contributed by atoms with Crippen LogP contribution in [0.1, 0.15) is 52.9 Å². The molecule has 0 aromatic heterocycles. The summed E-state index contributed by atoms with van der Waals surface area (Å²) in [5, 5.41) is 0. The first-order chi connectivity index (χ1) is 7.43. The molecular formula is C14H27NO. The highest BCUT2D eigenvalue weighted by Gasteiger charge is 2.47. The van der Waals surface area contributed by atoms with Crippen molar-refractivity contribution in [2.24, 2.45) is 5.41 Å². The van der Waals surface area contributed by atoms with Gasteiger partial charge in [0.25, 0.3) is 0 Å². The first kappa shape index (κ1) is 12.4. The number of ether oxygens (including phenoxy) is 1. The van der Waals surface area contributed by atoms with Gasteiger partial charge in [0, 0.05) is 11.5 Å². The van der Waals surface area contributed by atoms with Crippen LogP contribution in [0.15, 0.2) is 0 Å². The summed E-state index contributed by atoms with van der Waals surface area (Å²) in [5.74, 6) is 0. The second-order valence-electron chi connectivity index (χ2n) is 6.76. The highest BCUT2D eigenvalue weighted by atomic mass is 16.5. The molecule has 0 aromatic carbocycles. The van der Waals surface area contributed by atoms with E-state index in [0.29, 0.717) is 5.41 Å². The monoisotopic (exact) mass is 225 g/mol. The Morgan fingerprint density at radius 3 is 2.31 bits per heavy atom. The van der Waals surface area contributed by atoms with Gasteiger partial charge in [0.15, 0.2) is 0 Å². The van der Waals surface area contributed by atoms with Crippen molar-refractivity contribution in [2.45, 2.75) is 64.5 Å². The number of hydrogen-bond acceptors (Lipinski definition) is 2. The minimum absolute atomic E-state index is 0.0137. The van der Waals surface area contributed by atoms with E-state index in [1.165, 1.54) is 38.6 Å². The minimum atomic E-state index is 0.0137. The lowest BCUT2D eigenvalue weighted by atomic mass is 9.63. The molecule has 1 saturated carbocycles. The Morgan fingerprint density at radius 1 is 1.25 bits per heavy atom. The van der Waals surface area contributed by atoms with Crippen molar-refractivity contribution in [3.8, 4) is 0 Å². The zero-order valence-electron chi connectivity index (χ0n) is 11.4. The summed E-state index contributed by atoms with van der Waals surface area (Å²) in [6, 6.07) is 0.781. The van der Waals surface area contributed by atoms with Gasteiger partial charge in [-0.15, -0.1) is 0 Å². The Kier molecular flexibility index (Phi) is 3.33. The van der Waals surface area contributed by atoms with E-state index in [4.69, 9.17) is 4.74 Å². The third-order valence-corrected chi connectivity index (χ3v) is 4.37. The average Bonchev–Trinajstić information content (AvgIpc) is 2.49. The van der Waals surface area contributed by atoms with Crippen LogP contribution in [-0.4, -0.2) is 36.7 Å². The molecule has 0 radical (unpaired) electrons. The van der Waals surface area contributed by atoms with Crippen molar-refractivity contribution in [1.29, 1.82) is 0 Å². The minimum Gasteiger partial charge on any atom is -0.375 e. The van der Waals surface area contributed by atoms with Gasteiger partial charge in [-0.05, 0) is 60.0 Å². The van der Waals surface area contributed by atoms with Gasteiger partial charge in [-0.2, -0.15) is 0 Å².